The van der Waals surface area contributed by atoms with Crippen molar-refractivity contribution in [2.45, 2.75) is 6.92 Å². The number of carbonyl (C=O) groups excluding carboxylic acids is 1. The Morgan fingerprint density at radius 1 is 1.32 bits per heavy atom. The standard InChI is InChI=1S/C15H15Cl2N3O3S2/c1-10-5-6-24-14(10)8-18-19-15(21)9-20(25(2,22)23)11-3-4-12(16)13(17)7-11/h3-8H,9H2,1-2H3,(H,19,21)/b18-8-. The zero-order valence-electron chi connectivity index (χ0n) is 13.4. The van der Waals surface area contributed by atoms with Gasteiger partial charge in [0.2, 0.25) is 10.0 Å². The van der Waals surface area contributed by atoms with Gasteiger partial charge in [0.15, 0.2) is 0 Å². The predicted octanol–water partition coefficient (Wildman–Crippen LogP) is 3.28. The molecule has 0 aliphatic carbocycles. The number of amides is 1. The van der Waals surface area contributed by atoms with E-state index in [1.807, 2.05) is 18.4 Å². The summed E-state index contributed by atoms with van der Waals surface area (Å²) in [6.45, 7) is 1.49. The highest BCUT2D eigenvalue weighted by molar-refractivity contribution is 7.92. The molecule has 0 aliphatic rings. The fraction of sp³-hybridized carbons (Fsp3) is 0.200. The Balaban J connectivity index is 2.12. The minimum absolute atomic E-state index is 0.194. The average molecular weight is 420 g/mol. The first-order valence-electron chi connectivity index (χ1n) is 6.97. The molecule has 0 fully saturated rings. The van der Waals surface area contributed by atoms with Crippen LogP contribution in [0.25, 0.3) is 0 Å². The fourth-order valence-corrected chi connectivity index (χ4v) is 3.81. The molecule has 0 saturated carbocycles. The summed E-state index contributed by atoms with van der Waals surface area (Å²) in [5.74, 6) is -0.582. The molecule has 134 valence electrons. The van der Waals surface area contributed by atoms with Crippen molar-refractivity contribution in [3.8, 4) is 0 Å². The highest BCUT2D eigenvalue weighted by atomic mass is 35.5. The molecule has 1 heterocycles. The van der Waals surface area contributed by atoms with E-state index >= 15 is 0 Å². The molecule has 0 saturated heterocycles. The largest absolute Gasteiger partial charge is 0.271 e. The van der Waals surface area contributed by atoms with E-state index in [-0.39, 0.29) is 10.7 Å². The zero-order chi connectivity index (χ0) is 18.6. The lowest BCUT2D eigenvalue weighted by molar-refractivity contribution is -0.119. The number of benzene rings is 1. The normalized spacial score (nSPS) is 11.7. The predicted molar refractivity (Wildman–Crippen MR) is 103 cm³/mol. The number of halogens is 2. The van der Waals surface area contributed by atoms with Crippen LogP contribution >= 0.6 is 34.5 Å². The summed E-state index contributed by atoms with van der Waals surface area (Å²) >= 11 is 13.2. The summed E-state index contributed by atoms with van der Waals surface area (Å²) in [5.41, 5.74) is 3.60. The van der Waals surface area contributed by atoms with E-state index in [2.05, 4.69) is 10.5 Å². The van der Waals surface area contributed by atoms with Crippen LogP contribution in [0.1, 0.15) is 10.4 Å². The zero-order valence-corrected chi connectivity index (χ0v) is 16.5. The molecule has 1 amide bonds. The highest BCUT2D eigenvalue weighted by Crippen LogP contribution is 2.28. The van der Waals surface area contributed by atoms with E-state index in [0.717, 1.165) is 21.0 Å². The summed E-state index contributed by atoms with van der Waals surface area (Å²) in [5, 5.41) is 6.25. The molecule has 0 unspecified atom stereocenters. The maximum atomic E-state index is 12.1. The van der Waals surface area contributed by atoms with Gasteiger partial charge in [-0.25, -0.2) is 13.8 Å². The van der Waals surface area contributed by atoms with Gasteiger partial charge in [-0.15, -0.1) is 11.3 Å². The van der Waals surface area contributed by atoms with Crippen molar-refractivity contribution in [3.05, 3.63) is 50.1 Å². The number of hydrogen-bond acceptors (Lipinski definition) is 5. The Bertz CT molecular complexity index is 910. The molecule has 0 spiro atoms. The molecule has 0 aliphatic heterocycles. The van der Waals surface area contributed by atoms with E-state index in [4.69, 9.17) is 23.2 Å². The molecular weight excluding hydrogens is 405 g/mol. The van der Waals surface area contributed by atoms with Gasteiger partial charge in [-0.3, -0.25) is 9.10 Å². The lowest BCUT2D eigenvalue weighted by Crippen LogP contribution is -2.39. The Labute approximate surface area is 160 Å². The lowest BCUT2D eigenvalue weighted by Gasteiger charge is -2.21. The topological polar surface area (TPSA) is 78.8 Å². The number of rotatable bonds is 6. The molecule has 2 aromatic rings. The molecule has 1 aromatic carbocycles. The third-order valence-electron chi connectivity index (χ3n) is 3.15. The maximum absolute atomic E-state index is 12.1. The Morgan fingerprint density at radius 3 is 2.60 bits per heavy atom. The van der Waals surface area contributed by atoms with Crippen LogP contribution in [-0.4, -0.2) is 33.3 Å². The van der Waals surface area contributed by atoms with Crippen LogP contribution in [0.15, 0.2) is 34.7 Å². The Morgan fingerprint density at radius 2 is 2.04 bits per heavy atom. The van der Waals surface area contributed by atoms with Crippen molar-refractivity contribution in [2.75, 3.05) is 17.1 Å². The second-order valence-corrected chi connectivity index (χ2v) is 8.80. The molecule has 0 radical (unpaired) electrons. The third-order valence-corrected chi connectivity index (χ3v) is 5.98. The minimum Gasteiger partial charge on any atom is -0.271 e. The Hall–Kier alpha value is -1.61. The molecule has 2 rings (SSSR count). The van der Waals surface area contributed by atoms with Gasteiger partial charge in [-0.1, -0.05) is 23.2 Å². The van der Waals surface area contributed by atoms with Gasteiger partial charge in [0.05, 0.1) is 28.2 Å². The van der Waals surface area contributed by atoms with Crippen molar-refractivity contribution in [2.24, 2.45) is 5.10 Å². The van der Waals surface area contributed by atoms with Gasteiger partial charge in [-0.05, 0) is 42.1 Å². The quantitative estimate of drug-likeness (QED) is 0.576. The molecule has 0 bridgehead atoms. The number of sulfonamides is 1. The van der Waals surface area contributed by atoms with Crippen molar-refractivity contribution in [1.29, 1.82) is 0 Å². The maximum Gasteiger partial charge on any atom is 0.260 e. The summed E-state index contributed by atoms with van der Waals surface area (Å²) in [6.07, 6.45) is 2.52. The van der Waals surface area contributed by atoms with E-state index in [1.165, 1.54) is 35.8 Å². The SMILES string of the molecule is Cc1ccsc1/C=N\NC(=O)CN(c1ccc(Cl)c(Cl)c1)S(C)(=O)=O. The fourth-order valence-electron chi connectivity index (χ4n) is 1.89. The molecule has 10 heteroatoms. The second-order valence-electron chi connectivity index (χ2n) is 5.13. The third kappa shape index (κ3) is 5.43. The van der Waals surface area contributed by atoms with Crippen LogP contribution in [0, 0.1) is 6.92 Å². The lowest BCUT2D eigenvalue weighted by atomic mass is 10.3. The second kappa shape index (κ2) is 8.18. The number of carbonyl (C=O) groups is 1. The number of hydrazone groups is 1. The van der Waals surface area contributed by atoms with Gasteiger partial charge in [0.1, 0.15) is 6.54 Å². The summed E-state index contributed by atoms with van der Waals surface area (Å²) in [7, 11) is -3.70. The van der Waals surface area contributed by atoms with Crippen LogP contribution in [0.3, 0.4) is 0 Å². The first kappa shape index (κ1) is 19.7. The van der Waals surface area contributed by atoms with Gasteiger partial charge in [0.25, 0.3) is 5.91 Å². The highest BCUT2D eigenvalue weighted by Gasteiger charge is 2.21. The van der Waals surface area contributed by atoms with Crippen molar-refractivity contribution in [1.82, 2.24) is 5.43 Å². The number of nitrogens with one attached hydrogen (secondary N) is 1. The van der Waals surface area contributed by atoms with Crippen LogP contribution in [0.2, 0.25) is 10.0 Å². The summed E-state index contributed by atoms with van der Waals surface area (Å²) in [6, 6.07) is 6.26. The van der Waals surface area contributed by atoms with E-state index < -0.39 is 22.5 Å². The smallest absolute Gasteiger partial charge is 0.260 e. The van der Waals surface area contributed by atoms with E-state index in [0.29, 0.717) is 5.02 Å². The molecule has 25 heavy (non-hydrogen) atoms. The molecule has 1 N–H and O–H groups in total. The van der Waals surface area contributed by atoms with Crippen molar-refractivity contribution >= 4 is 62.4 Å². The molecule has 6 nitrogen and oxygen atoms in total. The van der Waals surface area contributed by atoms with Crippen LogP contribution < -0.4 is 9.73 Å². The average Bonchev–Trinajstić information content (AvgIpc) is 2.92. The molecule has 1 aromatic heterocycles. The van der Waals surface area contributed by atoms with Crippen molar-refractivity contribution < 1.29 is 13.2 Å². The Kier molecular flexibility index (Phi) is 6.45. The monoisotopic (exact) mass is 419 g/mol. The van der Waals surface area contributed by atoms with Gasteiger partial charge < -0.3 is 0 Å². The molecular formula is C15H15Cl2N3O3S2. The summed E-state index contributed by atoms with van der Waals surface area (Å²) < 4.78 is 24.9. The van der Waals surface area contributed by atoms with Crippen LogP contribution in [0.4, 0.5) is 5.69 Å². The first-order valence-corrected chi connectivity index (χ1v) is 10.5. The van der Waals surface area contributed by atoms with Gasteiger partial charge in [0, 0.05) is 4.88 Å². The summed E-state index contributed by atoms with van der Waals surface area (Å²) in [4.78, 5) is 13.0. The first-order chi connectivity index (χ1) is 11.7. The van der Waals surface area contributed by atoms with Crippen LogP contribution in [-0.2, 0) is 14.8 Å². The number of nitrogens with zero attached hydrogens (tertiary/aromatic N) is 2. The van der Waals surface area contributed by atoms with E-state index in [9.17, 15) is 13.2 Å². The number of anilines is 1. The van der Waals surface area contributed by atoms with Crippen LogP contribution in [0.5, 0.6) is 0 Å². The van der Waals surface area contributed by atoms with Crippen molar-refractivity contribution in [3.63, 3.8) is 0 Å². The molecule has 0 atom stereocenters. The minimum atomic E-state index is -3.70. The van der Waals surface area contributed by atoms with Gasteiger partial charge >= 0.3 is 0 Å². The number of hydrogen-bond donors (Lipinski definition) is 1. The number of aryl methyl sites for hydroxylation is 1. The van der Waals surface area contributed by atoms with Gasteiger partial charge in [-0.2, -0.15) is 5.10 Å². The number of thiophene rings is 1. The van der Waals surface area contributed by atoms with E-state index in [1.54, 1.807) is 0 Å².